The van der Waals surface area contributed by atoms with E-state index in [1.54, 1.807) is 4.90 Å². The van der Waals surface area contributed by atoms with E-state index in [9.17, 15) is 9.90 Å². The fourth-order valence-electron chi connectivity index (χ4n) is 2.22. The van der Waals surface area contributed by atoms with Gasteiger partial charge >= 0.3 is 0 Å². The van der Waals surface area contributed by atoms with Crippen molar-refractivity contribution < 1.29 is 9.90 Å². The molecule has 1 amide bonds. The number of aromatic nitrogens is 1. The number of likely N-dealkylation sites (N-methyl/N-ethyl adjacent to an activating group) is 1. The maximum absolute atomic E-state index is 12.4. The Balaban J connectivity index is 2.09. The molecule has 5 nitrogen and oxygen atoms in total. The molecular weight excluding hydrogens is 278 g/mol. The fraction of sp³-hybridized carbons (Fsp3) is 0.294. The molecule has 1 aromatic heterocycles. The maximum atomic E-state index is 12.4. The van der Waals surface area contributed by atoms with E-state index >= 15 is 0 Å². The summed E-state index contributed by atoms with van der Waals surface area (Å²) < 4.78 is 0. The van der Waals surface area contributed by atoms with Crippen LogP contribution >= 0.6 is 0 Å². The third-order valence-electron chi connectivity index (χ3n) is 3.57. The van der Waals surface area contributed by atoms with Crippen LogP contribution in [0.25, 0.3) is 0 Å². The zero-order valence-electron chi connectivity index (χ0n) is 12.7. The highest BCUT2D eigenvalue weighted by atomic mass is 16.3. The second-order valence-electron chi connectivity index (χ2n) is 5.18. The van der Waals surface area contributed by atoms with Gasteiger partial charge in [0.2, 0.25) is 0 Å². The lowest BCUT2D eigenvalue weighted by molar-refractivity contribution is 0.0635. The van der Waals surface area contributed by atoms with Crippen molar-refractivity contribution in [3.05, 3.63) is 58.9 Å². The predicted octanol–water partition coefficient (Wildman–Crippen LogP) is 2.39. The number of carbonyl (C=O) groups excluding carboxylic acids is 1. The normalized spacial score (nSPS) is 11.7. The summed E-state index contributed by atoms with van der Waals surface area (Å²) in [4.78, 5) is 16.7. The first-order valence-corrected chi connectivity index (χ1v) is 7.17. The van der Waals surface area contributed by atoms with E-state index in [4.69, 9.17) is 5.26 Å². The van der Waals surface area contributed by atoms with Crippen molar-refractivity contribution in [2.24, 2.45) is 0 Å². The molecule has 22 heavy (non-hydrogen) atoms. The lowest BCUT2D eigenvalue weighted by Crippen LogP contribution is -2.34. The van der Waals surface area contributed by atoms with E-state index in [-0.39, 0.29) is 12.5 Å². The number of rotatable bonds is 5. The number of H-pyrrole nitrogens is 1. The van der Waals surface area contributed by atoms with Gasteiger partial charge in [-0.05, 0) is 25.5 Å². The molecule has 2 aromatic rings. The van der Waals surface area contributed by atoms with Gasteiger partial charge in [-0.25, -0.2) is 0 Å². The van der Waals surface area contributed by atoms with Crippen molar-refractivity contribution >= 4 is 5.91 Å². The summed E-state index contributed by atoms with van der Waals surface area (Å²) in [5.41, 5.74) is 2.67. The van der Waals surface area contributed by atoms with Gasteiger partial charge in [0.05, 0.1) is 18.2 Å². The molecule has 0 aliphatic heterocycles. The SMILES string of the molecule is CCN(CC(O)c1ccc(C)cc1)C(=O)c1c[nH]c(C#N)c1. The minimum Gasteiger partial charge on any atom is -0.387 e. The number of nitrogens with zero attached hydrogens (tertiary/aromatic N) is 2. The molecule has 1 aromatic carbocycles. The van der Waals surface area contributed by atoms with Gasteiger partial charge in [0.1, 0.15) is 11.8 Å². The first kappa shape index (κ1) is 15.8. The zero-order chi connectivity index (χ0) is 16.1. The van der Waals surface area contributed by atoms with Crippen LogP contribution in [-0.4, -0.2) is 34.0 Å². The standard InChI is InChI=1S/C17H19N3O2/c1-3-20(17(22)14-8-15(9-18)19-10-14)11-16(21)13-6-4-12(2)5-7-13/h4-8,10,16,19,21H,3,11H2,1-2H3. The number of nitriles is 1. The average Bonchev–Trinajstić information content (AvgIpc) is 3.01. The number of hydrogen-bond acceptors (Lipinski definition) is 3. The molecule has 0 saturated carbocycles. The number of aryl methyl sites for hydroxylation is 1. The Hall–Kier alpha value is -2.58. The van der Waals surface area contributed by atoms with Crippen molar-refractivity contribution in [2.45, 2.75) is 20.0 Å². The summed E-state index contributed by atoms with van der Waals surface area (Å²) >= 11 is 0. The summed E-state index contributed by atoms with van der Waals surface area (Å²) in [5, 5.41) is 19.1. The fourth-order valence-corrected chi connectivity index (χ4v) is 2.22. The number of amides is 1. The lowest BCUT2D eigenvalue weighted by Gasteiger charge is -2.23. The van der Waals surface area contributed by atoms with Crippen LogP contribution < -0.4 is 0 Å². The zero-order valence-corrected chi connectivity index (χ0v) is 12.7. The van der Waals surface area contributed by atoms with Crippen molar-refractivity contribution in [3.63, 3.8) is 0 Å². The molecular formula is C17H19N3O2. The molecule has 5 heteroatoms. The van der Waals surface area contributed by atoms with Crippen molar-refractivity contribution in [2.75, 3.05) is 13.1 Å². The van der Waals surface area contributed by atoms with Crippen LogP contribution in [0.15, 0.2) is 36.5 Å². The Morgan fingerprint density at radius 2 is 2.09 bits per heavy atom. The van der Waals surface area contributed by atoms with Crippen molar-refractivity contribution in [1.82, 2.24) is 9.88 Å². The van der Waals surface area contributed by atoms with E-state index in [2.05, 4.69) is 4.98 Å². The van der Waals surface area contributed by atoms with Crippen molar-refractivity contribution in [1.29, 1.82) is 5.26 Å². The molecule has 1 heterocycles. The molecule has 0 aliphatic carbocycles. The lowest BCUT2D eigenvalue weighted by atomic mass is 10.1. The molecule has 0 saturated heterocycles. The average molecular weight is 297 g/mol. The number of benzene rings is 1. The third kappa shape index (κ3) is 3.54. The highest BCUT2D eigenvalue weighted by molar-refractivity contribution is 5.94. The van der Waals surface area contributed by atoms with Crippen LogP contribution in [0.4, 0.5) is 0 Å². The first-order chi connectivity index (χ1) is 10.5. The summed E-state index contributed by atoms with van der Waals surface area (Å²) in [6.45, 7) is 4.54. The van der Waals surface area contributed by atoms with Gasteiger partial charge in [-0.3, -0.25) is 4.79 Å². The minimum atomic E-state index is -0.737. The Labute approximate surface area is 129 Å². The van der Waals surface area contributed by atoms with Gasteiger partial charge < -0.3 is 15.0 Å². The Bertz CT molecular complexity index is 683. The van der Waals surface area contributed by atoms with Crippen molar-refractivity contribution in [3.8, 4) is 6.07 Å². The van der Waals surface area contributed by atoms with Crippen LogP contribution in [0.1, 0.15) is 40.2 Å². The molecule has 0 bridgehead atoms. The van der Waals surface area contributed by atoms with Crippen LogP contribution in [0.3, 0.4) is 0 Å². The number of nitrogens with one attached hydrogen (secondary N) is 1. The van der Waals surface area contributed by atoms with Gasteiger partial charge in [-0.1, -0.05) is 29.8 Å². The van der Waals surface area contributed by atoms with Crippen LogP contribution in [0, 0.1) is 18.3 Å². The molecule has 1 atom stereocenters. The first-order valence-electron chi connectivity index (χ1n) is 7.17. The van der Waals surface area contributed by atoms with Gasteiger partial charge in [-0.2, -0.15) is 5.26 Å². The van der Waals surface area contributed by atoms with Crippen LogP contribution in [-0.2, 0) is 0 Å². The summed E-state index contributed by atoms with van der Waals surface area (Å²) in [7, 11) is 0. The number of aliphatic hydroxyl groups excluding tert-OH is 1. The number of hydrogen-bond donors (Lipinski definition) is 2. The molecule has 0 aliphatic rings. The smallest absolute Gasteiger partial charge is 0.255 e. The number of aromatic amines is 1. The van der Waals surface area contributed by atoms with Crippen LogP contribution in [0.5, 0.6) is 0 Å². The summed E-state index contributed by atoms with van der Waals surface area (Å²) in [6.07, 6.45) is 0.779. The van der Waals surface area contributed by atoms with E-state index in [0.717, 1.165) is 11.1 Å². The predicted molar refractivity (Wildman–Crippen MR) is 83.2 cm³/mol. The quantitative estimate of drug-likeness (QED) is 0.889. The molecule has 0 fully saturated rings. The van der Waals surface area contributed by atoms with E-state index < -0.39 is 6.10 Å². The van der Waals surface area contributed by atoms with Gasteiger partial charge in [-0.15, -0.1) is 0 Å². The maximum Gasteiger partial charge on any atom is 0.255 e. The molecule has 0 spiro atoms. The second kappa shape index (κ2) is 6.92. The molecule has 2 N–H and O–H groups in total. The van der Waals surface area contributed by atoms with E-state index in [1.165, 1.54) is 12.3 Å². The number of aliphatic hydroxyl groups is 1. The molecule has 1 unspecified atom stereocenters. The Morgan fingerprint density at radius 1 is 1.41 bits per heavy atom. The second-order valence-corrected chi connectivity index (χ2v) is 5.18. The van der Waals surface area contributed by atoms with Gasteiger partial charge in [0.25, 0.3) is 5.91 Å². The van der Waals surface area contributed by atoms with E-state index in [0.29, 0.717) is 17.8 Å². The number of carbonyl (C=O) groups is 1. The van der Waals surface area contributed by atoms with Gasteiger partial charge in [0, 0.05) is 12.7 Å². The summed E-state index contributed by atoms with van der Waals surface area (Å²) in [5.74, 6) is -0.202. The van der Waals surface area contributed by atoms with Gasteiger partial charge in [0.15, 0.2) is 0 Å². The highest BCUT2D eigenvalue weighted by Crippen LogP contribution is 2.17. The highest BCUT2D eigenvalue weighted by Gasteiger charge is 2.19. The third-order valence-corrected chi connectivity index (χ3v) is 3.57. The van der Waals surface area contributed by atoms with Crippen LogP contribution in [0.2, 0.25) is 0 Å². The van der Waals surface area contributed by atoms with E-state index in [1.807, 2.05) is 44.2 Å². The molecule has 2 rings (SSSR count). The molecule has 0 radical (unpaired) electrons. The minimum absolute atomic E-state index is 0.202. The Morgan fingerprint density at radius 3 is 2.64 bits per heavy atom. The monoisotopic (exact) mass is 297 g/mol. The summed E-state index contributed by atoms with van der Waals surface area (Å²) in [6, 6.07) is 11.1. The largest absolute Gasteiger partial charge is 0.387 e. The molecule has 114 valence electrons. The topological polar surface area (TPSA) is 80.1 Å². The Kier molecular flexibility index (Phi) is 4.97.